The molecular formula is C16H30. The summed E-state index contributed by atoms with van der Waals surface area (Å²) in [6.45, 7) is 2.48. The van der Waals surface area contributed by atoms with Crippen molar-refractivity contribution in [1.82, 2.24) is 0 Å². The minimum Gasteiger partial charge on any atom is -0.0625 e. The Bertz CT molecular complexity index is 164. The fourth-order valence-electron chi connectivity index (χ4n) is 4.10. The van der Waals surface area contributed by atoms with Gasteiger partial charge in [0.25, 0.3) is 0 Å². The van der Waals surface area contributed by atoms with E-state index in [1.165, 1.54) is 51.4 Å². The topological polar surface area (TPSA) is 0 Å². The summed E-state index contributed by atoms with van der Waals surface area (Å²) < 4.78 is 0. The predicted octanol–water partition coefficient (Wildman–Crippen LogP) is 5.56. The molecule has 2 fully saturated rings. The van der Waals surface area contributed by atoms with Gasteiger partial charge >= 0.3 is 0 Å². The fourth-order valence-corrected chi connectivity index (χ4v) is 4.10. The van der Waals surface area contributed by atoms with Crippen molar-refractivity contribution in [2.24, 2.45) is 17.8 Å². The summed E-state index contributed by atoms with van der Waals surface area (Å²) in [5.41, 5.74) is 0. The van der Waals surface area contributed by atoms with Gasteiger partial charge in [0.05, 0.1) is 0 Å². The van der Waals surface area contributed by atoms with Crippen molar-refractivity contribution in [3.63, 3.8) is 0 Å². The summed E-state index contributed by atoms with van der Waals surface area (Å²) in [4.78, 5) is 0. The summed E-state index contributed by atoms with van der Waals surface area (Å²) in [7, 11) is 0. The molecule has 0 aromatic rings. The van der Waals surface area contributed by atoms with E-state index in [2.05, 4.69) is 6.92 Å². The summed E-state index contributed by atoms with van der Waals surface area (Å²) in [5.74, 6) is 3.24. The molecule has 2 aliphatic rings. The van der Waals surface area contributed by atoms with Crippen LogP contribution in [0.3, 0.4) is 0 Å². The van der Waals surface area contributed by atoms with E-state index < -0.39 is 0 Å². The van der Waals surface area contributed by atoms with E-state index in [-0.39, 0.29) is 0 Å². The van der Waals surface area contributed by atoms with E-state index in [1.54, 1.807) is 25.7 Å². The van der Waals surface area contributed by atoms with Crippen LogP contribution in [0.1, 0.15) is 84.0 Å². The van der Waals surface area contributed by atoms with Crippen molar-refractivity contribution in [3.05, 3.63) is 0 Å². The molecule has 2 aliphatic carbocycles. The van der Waals surface area contributed by atoms with Gasteiger partial charge in [-0.05, 0) is 30.6 Å². The first-order valence-electron chi connectivity index (χ1n) is 7.86. The molecule has 0 saturated heterocycles. The monoisotopic (exact) mass is 222 g/mol. The Morgan fingerprint density at radius 3 is 1.38 bits per heavy atom. The van der Waals surface area contributed by atoms with Gasteiger partial charge in [-0.15, -0.1) is 0 Å². The molecule has 0 heterocycles. The number of hydrogen-bond acceptors (Lipinski definition) is 0. The van der Waals surface area contributed by atoms with Crippen molar-refractivity contribution in [3.8, 4) is 0 Å². The second-order valence-corrected chi connectivity index (χ2v) is 6.50. The van der Waals surface area contributed by atoms with Crippen LogP contribution < -0.4 is 0 Å². The molecule has 2 atom stereocenters. The van der Waals surface area contributed by atoms with E-state index in [0.29, 0.717) is 0 Å². The van der Waals surface area contributed by atoms with Crippen LogP contribution in [0.15, 0.2) is 0 Å². The molecule has 0 nitrogen and oxygen atoms in total. The average molecular weight is 222 g/mol. The van der Waals surface area contributed by atoms with Crippen LogP contribution in [-0.2, 0) is 0 Å². The Kier molecular flexibility index (Phi) is 5.19. The average Bonchev–Trinajstić information content (AvgIpc) is 2.59. The first-order chi connectivity index (χ1) is 7.86. The highest BCUT2D eigenvalue weighted by Crippen LogP contribution is 2.42. The summed E-state index contributed by atoms with van der Waals surface area (Å²) in [6, 6.07) is 0. The van der Waals surface area contributed by atoms with Gasteiger partial charge in [0, 0.05) is 0 Å². The SMILES string of the molecule is CC1CC2CCCCCCCCCCC2C1. The molecule has 0 aromatic heterocycles. The third-order valence-corrected chi connectivity index (χ3v) is 4.98. The molecule has 94 valence electrons. The van der Waals surface area contributed by atoms with Crippen LogP contribution >= 0.6 is 0 Å². The summed E-state index contributed by atoms with van der Waals surface area (Å²) in [6.07, 6.45) is 18.3. The van der Waals surface area contributed by atoms with E-state index in [0.717, 1.165) is 17.8 Å². The van der Waals surface area contributed by atoms with Crippen LogP contribution in [0, 0.1) is 17.8 Å². The molecule has 0 N–H and O–H groups in total. The van der Waals surface area contributed by atoms with Gasteiger partial charge in [0.15, 0.2) is 0 Å². The molecule has 0 bridgehead atoms. The smallest absolute Gasteiger partial charge is 0.0383 e. The maximum Gasteiger partial charge on any atom is -0.0383 e. The molecule has 0 radical (unpaired) electrons. The molecular weight excluding hydrogens is 192 g/mol. The van der Waals surface area contributed by atoms with E-state index in [9.17, 15) is 0 Å². The lowest BCUT2D eigenvalue weighted by Gasteiger charge is -2.20. The van der Waals surface area contributed by atoms with Gasteiger partial charge in [0.2, 0.25) is 0 Å². The molecule has 0 aromatic carbocycles. The van der Waals surface area contributed by atoms with E-state index >= 15 is 0 Å². The second kappa shape index (κ2) is 6.67. The highest BCUT2D eigenvalue weighted by atomic mass is 14.4. The number of fused-ring (bicyclic) bond motifs is 1. The highest BCUT2D eigenvalue weighted by Gasteiger charge is 2.30. The zero-order valence-corrected chi connectivity index (χ0v) is 11.2. The van der Waals surface area contributed by atoms with Crippen LogP contribution in [0.25, 0.3) is 0 Å². The molecule has 0 amide bonds. The Hall–Kier alpha value is 0. The molecule has 2 unspecified atom stereocenters. The van der Waals surface area contributed by atoms with Gasteiger partial charge in [-0.2, -0.15) is 0 Å². The predicted molar refractivity (Wildman–Crippen MR) is 71.5 cm³/mol. The minimum absolute atomic E-state index is 1.03. The first-order valence-corrected chi connectivity index (χ1v) is 7.86. The zero-order valence-electron chi connectivity index (χ0n) is 11.2. The number of hydrogen-bond donors (Lipinski definition) is 0. The molecule has 16 heavy (non-hydrogen) atoms. The van der Waals surface area contributed by atoms with Gasteiger partial charge in [-0.3, -0.25) is 0 Å². The molecule has 2 rings (SSSR count). The van der Waals surface area contributed by atoms with Crippen molar-refractivity contribution in [1.29, 1.82) is 0 Å². The van der Waals surface area contributed by atoms with Crippen molar-refractivity contribution >= 4 is 0 Å². The highest BCUT2D eigenvalue weighted by molar-refractivity contribution is 4.81. The molecule has 0 spiro atoms. The Morgan fingerprint density at radius 2 is 0.938 bits per heavy atom. The van der Waals surface area contributed by atoms with Gasteiger partial charge in [0.1, 0.15) is 0 Å². The third-order valence-electron chi connectivity index (χ3n) is 4.98. The van der Waals surface area contributed by atoms with Crippen LogP contribution in [-0.4, -0.2) is 0 Å². The maximum absolute atomic E-state index is 2.48. The fraction of sp³-hybridized carbons (Fsp3) is 1.00. The lowest BCUT2D eigenvalue weighted by atomic mass is 9.86. The maximum atomic E-state index is 2.48. The summed E-state index contributed by atoms with van der Waals surface area (Å²) >= 11 is 0. The van der Waals surface area contributed by atoms with E-state index in [4.69, 9.17) is 0 Å². The Balaban J connectivity index is 1.81. The molecule has 0 heteroatoms. The van der Waals surface area contributed by atoms with Crippen molar-refractivity contribution in [2.45, 2.75) is 84.0 Å². The van der Waals surface area contributed by atoms with Gasteiger partial charge in [-0.25, -0.2) is 0 Å². The van der Waals surface area contributed by atoms with Crippen molar-refractivity contribution < 1.29 is 0 Å². The van der Waals surface area contributed by atoms with E-state index in [1.807, 2.05) is 0 Å². The Labute approximate surface area is 102 Å². The lowest BCUT2D eigenvalue weighted by Crippen LogP contribution is -2.08. The van der Waals surface area contributed by atoms with Gasteiger partial charge < -0.3 is 0 Å². The van der Waals surface area contributed by atoms with Gasteiger partial charge in [-0.1, -0.05) is 71.1 Å². The van der Waals surface area contributed by atoms with Crippen LogP contribution in [0.2, 0.25) is 0 Å². The third kappa shape index (κ3) is 3.79. The minimum atomic E-state index is 1.03. The number of rotatable bonds is 0. The second-order valence-electron chi connectivity index (χ2n) is 6.50. The molecule has 2 saturated carbocycles. The normalized spacial score (nSPS) is 38.4. The standard InChI is InChI=1S/C16H30/c1-14-12-15-10-8-6-4-2-3-5-7-9-11-16(15)13-14/h14-16H,2-13H2,1H3. The van der Waals surface area contributed by atoms with Crippen LogP contribution in [0.4, 0.5) is 0 Å². The zero-order chi connectivity index (χ0) is 11.2. The first kappa shape index (κ1) is 12.5. The molecule has 0 aliphatic heterocycles. The largest absolute Gasteiger partial charge is 0.0625 e. The Morgan fingerprint density at radius 1 is 0.562 bits per heavy atom. The lowest BCUT2D eigenvalue weighted by molar-refractivity contribution is 0.318. The summed E-state index contributed by atoms with van der Waals surface area (Å²) in [5, 5.41) is 0. The quantitative estimate of drug-likeness (QED) is 0.503. The van der Waals surface area contributed by atoms with Crippen LogP contribution in [0.5, 0.6) is 0 Å². The van der Waals surface area contributed by atoms with Crippen molar-refractivity contribution in [2.75, 3.05) is 0 Å².